The minimum Gasteiger partial charge on any atom is -0.326 e. The van der Waals surface area contributed by atoms with Gasteiger partial charge in [-0.1, -0.05) is 6.07 Å². The highest BCUT2D eigenvalue weighted by Crippen LogP contribution is 2.24. The van der Waals surface area contributed by atoms with Gasteiger partial charge in [0.25, 0.3) is 0 Å². The molecule has 5 heteroatoms. The van der Waals surface area contributed by atoms with Crippen LogP contribution in [-0.4, -0.2) is 5.91 Å². The Balaban J connectivity index is 1.86. The molecule has 2 rings (SSSR count). The monoisotopic (exact) mass is 355 g/mol. The number of amides is 1. The fourth-order valence-corrected chi connectivity index (χ4v) is 3.08. The second-order valence-electron chi connectivity index (χ2n) is 4.56. The molecule has 0 saturated heterocycles. The number of carbonyl (C=O) groups is 1. The summed E-state index contributed by atoms with van der Waals surface area (Å²) in [5, 5.41) is 4.79. The third-order valence-corrected chi connectivity index (χ3v) is 4.49. The summed E-state index contributed by atoms with van der Waals surface area (Å²) in [5.41, 5.74) is 1.37. The summed E-state index contributed by atoms with van der Waals surface area (Å²) >= 11 is 4.82. The molecule has 20 heavy (non-hydrogen) atoms. The molecule has 0 saturated carbocycles. The Morgan fingerprint density at radius 3 is 2.95 bits per heavy atom. The van der Waals surface area contributed by atoms with Gasteiger partial charge in [0, 0.05) is 17.0 Å². The molecule has 0 bridgehead atoms. The standard InChI is InChI=1S/C15H15BrFNOS/c1-10-8-12(16)13(17)9-14(10)18-15(19)6-2-4-11-5-3-7-20-11/h3,5,7-9H,2,4,6H2,1H3,(H,18,19). The van der Waals surface area contributed by atoms with Crippen molar-refractivity contribution < 1.29 is 9.18 Å². The predicted molar refractivity (Wildman–Crippen MR) is 84.7 cm³/mol. The van der Waals surface area contributed by atoms with Crippen molar-refractivity contribution in [3.8, 4) is 0 Å². The van der Waals surface area contributed by atoms with Crippen molar-refractivity contribution >= 4 is 38.9 Å². The number of hydrogen-bond acceptors (Lipinski definition) is 2. The molecular weight excluding hydrogens is 341 g/mol. The van der Waals surface area contributed by atoms with Crippen LogP contribution in [0.4, 0.5) is 10.1 Å². The quantitative estimate of drug-likeness (QED) is 0.810. The zero-order chi connectivity index (χ0) is 14.5. The second kappa shape index (κ2) is 6.99. The summed E-state index contributed by atoms with van der Waals surface area (Å²) in [6.45, 7) is 1.84. The summed E-state index contributed by atoms with van der Waals surface area (Å²) in [4.78, 5) is 13.1. The minimum absolute atomic E-state index is 0.0774. The molecule has 1 heterocycles. The highest BCUT2D eigenvalue weighted by Gasteiger charge is 2.08. The highest BCUT2D eigenvalue weighted by atomic mass is 79.9. The molecule has 0 aliphatic heterocycles. The van der Waals surface area contributed by atoms with Crippen LogP contribution in [0.25, 0.3) is 0 Å². The van der Waals surface area contributed by atoms with Crippen molar-refractivity contribution in [1.82, 2.24) is 0 Å². The lowest BCUT2D eigenvalue weighted by Crippen LogP contribution is -2.12. The minimum atomic E-state index is -0.371. The van der Waals surface area contributed by atoms with E-state index in [1.165, 1.54) is 10.9 Å². The van der Waals surface area contributed by atoms with Gasteiger partial charge in [0.05, 0.1) is 4.47 Å². The van der Waals surface area contributed by atoms with Crippen molar-refractivity contribution in [2.24, 2.45) is 0 Å². The van der Waals surface area contributed by atoms with Gasteiger partial charge in [-0.05, 0) is 64.8 Å². The van der Waals surface area contributed by atoms with Crippen molar-refractivity contribution in [1.29, 1.82) is 0 Å². The molecule has 0 unspecified atom stereocenters. The molecule has 106 valence electrons. The maximum absolute atomic E-state index is 13.5. The molecule has 1 amide bonds. The van der Waals surface area contributed by atoms with Crippen LogP contribution < -0.4 is 5.32 Å². The Kier molecular flexibility index (Phi) is 5.31. The van der Waals surface area contributed by atoms with E-state index in [2.05, 4.69) is 27.3 Å². The average Bonchev–Trinajstić information content (AvgIpc) is 2.89. The fourth-order valence-electron chi connectivity index (χ4n) is 1.87. The van der Waals surface area contributed by atoms with E-state index in [-0.39, 0.29) is 11.7 Å². The van der Waals surface area contributed by atoms with E-state index in [9.17, 15) is 9.18 Å². The summed E-state index contributed by atoms with van der Waals surface area (Å²) in [7, 11) is 0. The number of rotatable bonds is 5. The van der Waals surface area contributed by atoms with E-state index in [1.54, 1.807) is 17.4 Å². The Bertz CT molecular complexity index is 598. The zero-order valence-corrected chi connectivity index (χ0v) is 13.5. The molecule has 0 spiro atoms. The topological polar surface area (TPSA) is 29.1 Å². The molecule has 0 aliphatic carbocycles. The molecule has 0 radical (unpaired) electrons. The Morgan fingerprint density at radius 2 is 2.25 bits per heavy atom. The van der Waals surface area contributed by atoms with E-state index >= 15 is 0 Å². The predicted octanol–water partition coefficient (Wildman–Crippen LogP) is 4.92. The Hall–Kier alpha value is -1.20. The third kappa shape index (κ3) is 4.15. The molecule has 2 aromatic rings. The number of anilines is 1. The van der Waals surface area contributed by atoms with Gasteiger partial charge in [-0.25, -0.2) is 4.39 Å². The number of thiophene rings is 1. The van der Waals surface area contributed by atoms with E-state index in [4.69, 9.17) is 0 Å². The normalized spacial score (nSPS) is 10.6. The average molecular weight is 356 g/mol. The van der Waals surface area contributed by atoms with E-state index in [0.29, 0.717) is 16.6 Å². The molecule has 1 N–H and O–H groups in total. The van der Waals surface area contributed by atoms with Crippen LogP contribution in [0.15, 0.2) is 34.1 Å². The van der Waals surface area contributed by atoms with Crippen LogP contribution in [0, 0.1) is 12.7 Å². The van der Waals surface area contributed by atoms with Crippen LogP contribution in [0.5, 0.6) is 0 Å². The first kappa shape index (κ1) is 15.2. The van der Waals surface area contributed by atoms with Crippen LogP contribution in [0.1, 0.15) is 23.3 Å². The molecule has 0 atom stereocenters. The molecule has 2 nitrogen and oxygen atoms in total. The van der Waals surface area contributed by atoms with Crippen LogP contribution in [0.3, 0.4) is 0 Å². The number of nitrogens with one attached hydrogen (secondary N) is 1. The number of carbonyl (C=O) groups excluding carboxylic acids is 1. The number of hydrogen-bond donors (Lipinski definition) is 1. The Morgan fingerprint density at radius 1 is 1.45 bits per heavy atom. The van der Waals surface area contributed by atoms with E-state index < -0.39 is 0 Å². The summed E-state index contributed by atoms with van der Waals surface area (Å²) < 4.78 is 13.9. The van der Waals surface area contributed by atoms with E-state index in [1.807, 2.05) is 18.4 Å². The van der Waals surface area contributed by atoms with E-state index in [0.717, 1.165) is 18.4 Å². The summed E-state index contributed by atoms with van der Waals surface area (Å²) in [6, 6.07) is 7.08. The summed E-state index contributed by atoms with van der Waals surface area (Å²) in [6.07, 6.45) is 2.14. The highest BCUT2D eigenvalue weighted by molar-refractivity contribution is 9.10. The molecule has 0 aliphatic rings. The van der Waals surface area contributed by atoms with Gasteiger partial charge in [-0.3, -0.25) is 4.79 Å². The Labute approximate surface area is 130 Å². The second-order valence-corrected chi connectivity index (χ2v) is 6.45. The maximum atomic E-state index is 13.5. The van der Waals surface area contributed by atoms with Crippen LogP contribution in [0.2, 0.25) is 0 Å². The molecular formula is C15H15BrFNOS. The largest absolute Gasteiger partial charge is 0.326 e. The first-order chi connectivity index (χ1) is 9.56. The van der Waals surface area contributed by atoms with Crippen molar-refractivity contribution in [2.75, 3.05) is 5.32 Å². The van der Waals surface area contributed by atoms with Gasteiger partial charge in [-0.2, -0.15) is 0 Å². The zero-order valence-electron chi connectivity index (χ0n) is 11.1. The van der Waals surface area contributed by atoms with Crippen LogP contribution in [-0.2, 0) is 11.2 Å². The summed E-state index contributed by atoms with van der Waals surface area (Å²) in [5.74, 6) is -0.448. The first-order valence-electron chi connectivity index (χ1n) is 6.34. The number of halogens is 2. The van der Waals surface area contributed by atoms with Gasteiger partial charge in [0.1, 0.15) is 5.82 Å². The lowest BCUT2D eigenvalue weighted by molar-refractivity contribution is -0.116. The van der Waals surface area contributed by atoms with Crippen LogP contribution >= 0.6 is 27.3 Å². The lowest BCUT2D eigenvalue weighted by Gasteiger charge is -2.09. The SMILES string of the molecule is Cc1cc(Br)c(F)cc1NC(=O)CCCc1cccs1. The smallest absolute Gasteiger partial charge is 0.224 e. The van der Waals surface area contributed by atoms with Crippen molar-refractivity contribution in [3.05, 3.63) is 50.4 Å². The van der Waals surface area contributed by atoms with Crippen molar-refractivity contribution in [3.63, 3.8) is 0 Å². The van der Waals surface area contributed by atoms with Gasteiger partial charge in [-0.15, -0.1) is 11.3 Å². The number of benzene rings is 1. The van der Waals surface area contributed by atoms with Gasteiger partial charge >= 0.3 is 0 Å². The van der Waals surface area contributed by atoms with Gasteiger partial charge < -0.3 is 5.32 Å². The molecule has 1 aromatic heterocycles. The van der Waals surface area contributed by atoms with Gasteiger partial charge in [0.2, 0.25) is 5.91 Å². The lowest BCUT2D eigenvalue weighted by atomic mass is 10.1. The third-order valence-electron chi connectivity index (χ3n) is 2.95. The maximum Gasteiger partial charge on any atom is 0.224 e. The first-order valence-corrected chi connectivity index (χ1v) is 8.01. The molecule has 0 fully saturated rings. The fraction of sp³-hybridized carbons (Fsp3) is 0.267. The van der Waals surface area contributed by atoms with Crippen molar-refractivity contribution in [2.45, 2.75) is 26.2 Å². The number of aryl methyl sites for hydroxylation is 2. The molecule has 1 aromatic carbocycles. The van der Waals surface area contributed by atoms with Gasteiger partial charge in [0.15, 0.2) is 0 Å².